The maximum absolute atomic E-state index is 11.8. The van der Waals surface area contributed by atoms with E-state index >= 15 is 0 Å². The number of nitrogens with one attached hydrogen (secondary N) is 1. The van der Waals surface area contributed by atoms with E-state index in [0.29, 0.717) is 18.8 Å². The first-order valence-corrected chi connectivity index (χ1v) is 7.02. The summed E-state index contributed by atoms with van der Waals surface area (Å²) in [4.78, 5) is 0. The molecule has 0 saturated carbocycles. The van der Waals surface area contributed by atoms with Gasteiger partial charge in [0.25, 0.3) is 0 Å². The molecule has 3 N–H and O–H groups in total. The van der Waals surface area contributed by atoms with E-state index in [2.05, 4.69) is 20.7 Å². The van der Waals surface area contributed by atoms with Crippen LogP contribution in [0.15, 0.2) is 28.7 Å². The van der Waals surface area contributed by atoms with E-state index in [1.165, 1.54) is 4.31 Å². The molecule has 0 aliphatic carbocycles. The fourth-order valence-electron chi connectivity index (χ4n) is 1.61. The average Bonchev–Trinajstić information content (AvgIpc) is 2.53. The van der Waals surface area contributed by atoms with Crippen LogP contribution in [0, 0.1) is 0 Å². The molecular weight excluding hydrogens is 294 g/mol. The summed E-state index contributed by atoms with van der Waals surface area (Å²) < 4.78 is 28.3. The van der Waals surface area contributed by atoms with Crippen LogP contribution in [0.25, 0.3) is 0 Å². The van der Waals surface area contributed by atoms with Gasteiger partial charge in [-0.05, 0) is 18.2 Å². The summed E-state index contributed by atoms with van der Waals surface area (Å²) in [5.74, 6) is 0. The van der Waals surface area contributed by atoms with Gasteiger partial charge in [-0.1, -0.05) is 22.0 Å². The fraction of sp³-hybridized carbons (Fsp3) is 0.333. The second-order valence-electron chi connectivity index (χ2n) is 3.57. The van der Waals surface area contributed by atoms with Crippen molar-refractivity contribution in [1.29, 1.82) is 0 Å². The summed E-state index contributed by atoms with van der Waals surface area (Å²) in [6, 6.07) is 6.94. The molecule has 1 heterocycles. The number of nitrogens with zero attached hydrogens (tertiary/aromatic N) is 1. The highest BCUT2D eigenvalue weighted by Gasteiger charge is 2.34. The van der Waals surface area contributed by atoms with Gasteiger partial charge in [0, 0.05) is 11.0 Å². The van der Waals surface area contributed by atoms with E-state index in [4.69, 9.17) is 5.73 Å². The molecule has 88 valence electrons. The van der Waals surface area contributed by atoms with Crippen molar-refractivity contribution in [3.8, 4) is 0 Å². The highest BCUT2D eigenvalue weighted by Crippen LogP contribution is 2.24. The largest absolute Gasteiger partial charge is 0.329 e. The highest BCUT2D eigenvalue weighted by atomic mass is 79.9. The third kappa shape index (κ3) is 2.22. The predicted octanol–water partition coefficient (Wildman–Crippen LogP) is 0.431. The van der Waals surface area contributed by atoms with E-state index < -0.39 is 10.2 Å². The van der Waals surface area contributed by atoms with Crippen LogP contribution in [-0.4, -0.2) is 27.5 Å². The zero-order valence-electron chi connectivity index (χ0n) is 8.43. The van der Waals surface area contributed by atoms with Gasteiger partial charge in [-0.25, -0.2) is 0 Å². The van der Waals surface area contributed by atoms with E-state index in [-0.39, 0.29) is 6.04 Å². The van der Waals surface area contributed by atoms with Gasteiger partial charge in [-0.2, -0.15) is 13.1 Å². The molecule has 0 bridgehead atoms. The maximum Gasteiger partial charge on any atom is 0.301 e. The Labute approximate surface area is 103 Å². The Morgan fingerprint density at radius 2 is 2.31 bits per heavy atom. The van der Waals surface area contributed by atoms with E-state index in [9.17, 15) is 8.42 Å². The van der Waals surface area contributed by atoms with Gasteiger partial charge >= 0.3 is 10.2 Å². The first-order chi connectivity index (χ1) is 7.53. The third-order valence-electron chi connectivity index (χ3n) is 2.37. The molecule has 2 rings (SSSR count). The van der Waals surface area contributed by atoms with Gasteiger partial charge in [0.1, 0.15) is 0 Å². The SMILES string of the molecule is NCC1CN(c2cccc(Br)c2)S(=O)(=O)N1. The molecule has 1 aromatic rings. The average molecular weight is 306 g/mol. The number of halogens is 1. The van der Waals surface area contributed by atoms with Crippen molar-refractivity contribution >= 4 is 31.8 Å². The molecule has 1 saturated heterocycles. The summed E-state index contributed by atoms with van der Waals surface area (Å²) in [6.45, 7) is 0.666. The first kappa shape index (κ1) is 11.8. The van der Waals surface area contributed by atoms with Crippen LogP contribution >= 0.6 is 15.9 Å². The van der Waals surface area contributed by atoms with Gasteiger partial charge in [0.05, 0.1) is 18.3 Å². The van der Waals surface area contributed by atoms with Crippen molar-refractivity contribution in [1.82, 2.24) is 4.72 Å². The van der Waals surface area contributed by atoms with Crippen LogP contribution in [0.4, 0.5) is 5.69 Å². The van der Waals surface area contributed by atoms with E-state index in [1.807, 2.05) is 6.07 Å². The van der Waals surface area contributed by atoms with Crippen molar-refractivity contribution in [2.75, 3.05) is 17.4 Å². The van der Waals surface area contributed by atoms with Gasteiger partial charge in [0.15, 0.2) is 0 Å². The Kier molecular flexibility index (Phi) is 3.20. The van der Waals surface area contributed by atoms with Crippen molar-refractivity contribution < 1.29 is 8.42 Å². The van der Waals surface area contributed by atoms with Crippen LogP contribution in [-0.2, 0) is 10.2 Å². The molecule has 1 aliphatic rings. The quantitative estimate of drug-likeness (QED) is 0.832. The molecule has 1 aromatic carbocycles. The van der Waals surface area contributed by atoms with Gasteiger partial charge in [0.2, 0.25) is 0 Å². The van der Waals surface area contributed by atoms with Crippen molar-refractivity contribution in [3.63, 3.8) is 0 Å². The number of hydrogen-bond donors (Lipinski definition) is 2. The summed E-state index contributed by atoms with van der Waals surface area (Å²) in [6.07, 6.45) is 0. The second-order valence-corrected chi connectivity index (χ2v) is 6.11. The fourth-order valence-corrected chi connectivity index (χ4v) is 3.48. The molecule has 0 amide bonds. The molecule has 1 aliphatic heterocycles. The minimum atomic E-state index is -3.44. The number of rotatable bonds is 2. The smallest absolute Gasteiger partial charge is 0.301 e. The lowest BCUT2D eigenvalue weighted by atomic mass is 10.3. The summed E-state index contributed by atoms with van der Waals surface area (Å²) in [5, 5.41) is 0. The number of hydrogen-bond acceptors (Lipinski definition) is 3. The standard InChI is InChI=1S/C9H12BrN3O2S/c10-7-2-1-3-9(4-7)13-6-8(5-11)12-16(13,14)15/h1-4,8,12H,5-6,11H2. The van der Waals surface area contributed by atoms with E-state index in [0.717, 1.165) is 4.47 Å². The minimum absolute atomic E-state index is 0.219. The van der Waals surface area contributed by atoms with Gasteiger partial charge in [-0.15, -0.1) is 0 Å². The van der Waals surface area contributed by atoms with Gasteiger partial charge in [-0.3, -0.25) is 4.31 Å². The van der Waals surface area contributed by atoms with E-state index in [1.54, 1.807) is 18.2 Å². The molecule has 1 atom stereocenters. The van der Waals surface area contributed by atoms with Gasteiger partial charge < -0.3 is 5.73 Å². The Hall–Kier alpha value is -0.630. The lowest BCUT2D eigenvalue weighted by Crippen LogP contribution is -2.33. The summed E-state index contributed by atoms with van der Waals surface area (Å²) >= 11 is 3.31. The molecule has 0 radical (unpaired) electrons. The lowest BCUT2D eigenvalue weighted by Gasteiger charge is -2.15. The predicted molar refractivity (Wildman–Crippen MR) is 66.4 cm³/mol. The Balaban J connectivity index is 2.35. The van der Waals surface area contributed by atoms with Crippen LogP contribution in [0.2, 0.25) is 0 Å². The van der Waals surface area contributed by atoms with Crippen LogP contribution < -0.4 is 14.8 Å². The van der Waals surface area contributed by atoms with Crippen molar-refractivity contribution in [2.24, 2.45) is 5.73 Å². The maximum atomic E-state index is 11.8. The number of nitrogens with two attached hydrogens (primary N) is 1. The molecule has 0 spiro atoms. The van der Waals surface area contributed by atoms with Crippen LogP contribution in [0.3, 0.4) is 0 Å². The zero-order chi connectivity index (χ0) is 11.8. The molecule has 5 nitrogen and oxygen atoms in total. The lowest BCUT2D eigenvalue weighted by molar-refractivity contribution is 0.583. The van der Waals surface area contributed by atoms with Crippen LogP contribution in [0.1, 0.15) is 0 Å². The van der Waals surface area contributed by atoms with Crippen LogP contribution in [0.5, 0.6) is 0 Å². The molecule has 1 unspecified atom stereocenters. The van der Waals surface area contributed by atoms with Crippen molar-refractivity contribution in [3.05, 3.63) is 28.7 Å². The topological polar surface area (TPSA) is 75.4 Å². The number of anilines is 1. The molecule has 1 fully saturated rings. The monoisotopic (exact) mass is 305 g/mol. The zero-order valence-corrected chi connectivity index (χ0v) is 10.8. The molecule has 16 heavy (non-hydrogen) atoms. The Morgan fingerprint density at radius 1 is 1.56 bits per heavy atom. The minimum Gasteiger partial charge on any atom is -0.329 e. The summed E-state index contributed by atoms with van der Waals surface area (Å²) in [5.41, 5.74) is 6.10. The highest BCUT2D eigenvalue weighted by molar-refractivity contribution is 9.10. The molecule has 7 heteroatoms. The second kappa shape index (κ2) is 4.33. The Bertz CT molecular complexity index is 491. The molecular formula is C9H12BrN3O2S. The molecule has 0 aromatic heterocycles. The Morgan fingerprint density at radius 3 is 2.88 bits per heavy atom. The summed E-state index contributed by atoms with van der Waals surface area (Å²) in [7, 11) is -3.44. The third-order valence-corrected chi connectivity index (χ3v) is 4.44. The van der Waals surface area contributed by atoms with Crippen molar-refractivity contribution in [2.45, 2.75) is 6.04 Å². The number of benzene rings is 1. The first-order valence-electron chi connectivity index (χ1n) is 4.78. The normalized spacial score (nSPS) is 23.6.